The van der Waals surface area contributed by atoms with Crippen molar-refractivity contribution >= 4 is 23.0 Å². The van der Waals surface area contributed by atoms with Gasteiger partial charge in [0.05, 0.1) is 6.61 Å². The Morgan fingerprint density at radius 3 is 2.30 bits per heavy atom. The van der Waals surface area contributed by atoms with E-state index in [0.29, 0.717) is 12.5 Å². The van der Waals surface area contributed by atoms with Crippen molar-refractivity contribution < 1.29 is 17.3 Å². The molecule has 2 atom stereocenters. The second-order valence-corrected chi connectivity index (χ2v) is 6.41. The van der Waals surface area contributed by atoms with Gasteiger partial charge in [-0.05, 0) is 19.3 Å². The maximum atomic E-state index is 11.2. The first kappa shape index (κ1) is 20.3. The summed E-state index contributed by atoms with van der Waals surface area (Å²) in [4.78, 5) is 0. The first-order chi connectivity index (χ1) is 9.56. The van der Waals surface area contributed by atoms with Gasteiger partial charge in [-0.15, -0.1) is 11.6 Å². The number of halogens is 1. The number of ether oxygens (including phenoxy) is 1. The highest BCUT2D eigenvalue weighted by molar-refractivity contribution is 7.75. The third-order valence-electron chi connectivity index (χ3n) is 2.75. The quantitative estimate of drug-likeness (QED) is 0.272. The van der Waals surface area contributed by atoms with Crippen LogP contribution in [0.2, 0.25) is 0 Å². The number of rotatable bonds is 14. The average molecular weight is 329 g/mol. The molecule has 0 aromatic carbocycles. The third-order valence-corrected chi connectivity index (χ3v) is 3.69. The molecule has 0 radical (unpaired) electrons. The molecule has 0 N–H and O–H groups in total. The van der Waals surface area contributed by atoms with E-state index < -0.39 is 17.7 Å². The molecule has 0 rings (SSSR count). The molecular weight excluding hydrogens is 300 g/mol. The molecule has 0 aromatic rings. The Morgan fingerprint density at radius 1 is 1.00 bits per heavy atom. The Morgan fingerprint density at radius 2 is 1.65 bits per heavy atom. The Bertz CT molecular complexity index is 239. The molecule has 0 fully saturated rings. The highest BCUT2D eigenvalue weighted by Crippen LogP contribution is 2.10. The molecule has 0 aliphatic carbocycles. The van der Waals surface area contributed by atoms with Gasteiger partial charge in [-0.25, -0.2) is 4.18 Å². The van der Waals surface area contributed by atoms with Gasteiger partial charge < -0.3 is 4.74 Å². The van der Waals surface area contributed by atoms with E-state index in [1.54, 1.807) is 6.92 Å². The molecule has 20 heavy (non-hydrogen) atoms. The van der Waals surface area contributed by atoms with Crippen LogP contribution in [0.5, 0.6) is 0 Å². The molecule has 0 amide bonds. The minimum absolute atomic E-state index is 0.206. The van der Waals surface area contributed by atoms with Crippen LogP contribution in [0.25, 0.3) is 0 Å². The van der Waals surface area contributed by atoms with Crippen LogP contribution in [0.4, 0.5) is 0 Å². The van der Waals surface area contributed by atoms with Crippen molar-refractivity contribution in [1.82, 2.24) is 0 Å². The molecule has 6 heteroatoms. The molecule has 0 bridgehead atoms. The number of alkyl halides is 1. The monoisotopic (exact) mass is 328 g/mol. The molecule has 2 unspecified atom stereocenters. The van der Waals surface area contributed by atoms with Crippen molar-refractivity contribution in [2.45, 2.75) is 65.6 Å². The van der Waals surface area contributed by atoms with E-state index >= 15 is 0 Å². The zero-order valence-electron chi connectivity index (χ0n) is 12.9. The van der Waals surface area contributed by atoms with Gasteiger partial charge in [0, 0.05) is 12.5 Å². The Labute approximate surface area is 131 Å². The van der Waals surface area contributed by atoms with Crippen LogP contribution in [0.3, 0.4) is 0 Å². The fourth-order valence-corrected chi connectivity index (χ4v) is 2.42. The van der Waals surface area contributed by atoms with E-state index in [1.807, 2.05) is 0 Å². The molecule has 0 spiro atoms. The van der Waals surface area contributed by atoms with Crippen molar-refractivity contribution in [3.8, 4) is 0 Å². The summed E-state index contributed by atoms with van der Waals surface area (Å²) in [6.45, 7) is 7.06. The molecule has 0 aromatic heterocycles. The lowest BCUT2D eigenvalue weighted by Gasteiger charge is -2.12. The highest BCUT2D eigenvalue weighted by Gasteiger charge is 2.08. The summed E-state index contributed by atoms with van der Waals surface area (Å²) in [6, 6.07) is 0. The lowest BCUT2D eigenvalue weighted by Crippen LogP contribution is -2.17. The largest absolute Gasteiger partial charge is 0.352 e. The van der Waals surface area contributed by atoms with Crippen molar-refractivity contribution in [3.63, 3.8) is 0 Å². The predicted octanol–water partition coefficient (Wildman–Crippen LogP) is 4.20. The van der Waals surface area contributed by atoms with Crippen LogP contribution < -0.4 is 0 Å². The summed E-state index contributed by atoms with van der Waals surface area (Å²) in [5, 5.41) is 0. The molecule has 0 saturated carbocycles. The summed E-state index contributed by atoms with van der Waals surface area (Å²) in [5.74, 6) is 1.10. The average Bonchev–Trinajstić information content (AvgIpc) is 2.39. The molecule has 0 aliphatic rings. The summed E-state index contributed by atoms with van der Waals surface area (Å²) < 4.78 is 26.4. The van der Waals surface area contributed by atoms with Gasteiger partial charge in [0.25, 0.3) is 0 Å². The third kappa shape index (κ3) is 14.7. The van der Waals surface area contributed by atoms with E-state index in [1.165, 1.54) is 25.7 Å². The molecule has 122 valence electrons. The summed E-state index contributed by atoms with van der Waals surface area (Å²) >= 11 is 3.63. The van der Waals surface area contributed by atoms with Crippen molar-refractivity contribution in [2.75, 3.05) is 19.1 Å². The van der Waals surface area contributed by atoms with Crippen LogP contribution in [-0.2, 0) is 24.5 Å². The van der Waals surface area contributed by atoms with Crippen molar-refractivity contribution in [3.05, 3.63) is 0 Å². The molecule has 0 heterocycles. The van der Waals surface area contributed by atoms with Gasteiger partial charge >= 0.3 is 11.4 Å². The maximum Gasteiger partial charge on any atom is 0.307 e. The van der Waals surface area contributed by atoms with Crippen LogP contribution in [0, 0.1) is 5.92 Å². The van der Waals surface area contributed by atoms with E-state index in [4.69, 9.17) is 24.7 Å². The van der Waals surface area contributed by atoms with Gasteiger partial charge in [0.2, 0.25) is 0 Å². The zero-order chi connectivity index (χ0) is 15.2. The van der Waals surface area contributed by atoms with Crippen LogP contribution in [0.15, 0.2) is 0 Å². The van der Waals surface area contributed by atoms with E-state index in [2.05, 4.69) is 13.8 Å². The standard InChI is InChI=1S/C14H29ClO4S/c1-13(2)9-7-5-4-6-8-11-17-14(3)19-20(16)18-12-10-15/h13-14H,4-12H2,1-3H3. The lowest BCUT2D eigenvalue weighted by molar-refractivity contribution is -0.0660. The van der Waals surface area contributed by atoms with Gasteiger partial charge in [-0.1, -0.05) is 46.0 Å². The maximum absolute atomic E-state index is 11.2. The van der Waals surface area contributed by atoms with Gasteiger partial charge in [0.15, 0.2) is 6.29 Å². The second kappa shape index (κ2) is 14.3. The SMILES string of the molecule is CC(C)CCCCCCCOC(C)OS(=O)OCCCl. The summed E-state index contributed by atoms with van der Waals surface area (Å²) in [7, 11) is 0. The van der Waals surface area contributed by atoms with E-state index in [9.17, 15) is 4.21 Å². The normalized spacial score (nSPS) is 14.7. The van der Waals surface area contributed by atoms with Crippen molar-refractivity contribution in [1.29, 1.82) is 0 Å². The van der Waals surface area contributed by atoms with Crippen LogP contribution >= 0.6 is 11.6 Å². The summed E-state index contributed by atoms with van der Waals surface area (Å²) in [5.41, 5.74) is 0. The number of hydrogen-bond donors (Lipinski definition) is 0. The molecular formula is C14H29ClO4S. The predicted molar refractivity (Wildman–Crippen MR) is 83.9 cm³/mol. The first-order valence-corrected chi connectivity index (χ1v) is 8.99. The van der Waals surface area contributed by atoms with E-state index in [0.717, 1.165) is 18.8 Å². The van der Waals surface area contributed by atoms with Gasteiger partial charge in [-0.3, -0.25) is 4.18 Å². The molecule has 0 saturated heterocycles. The number of hydrogen-bond acceptors (Lipinski definition) is 4. The molecule has 4 nitrogen and oxygen atoms in total. The lowest BCUT2D eigenvalue weighted by atomic mass is 10.0. The smallest absolute Gasteiger partial charge is 0.307 e. The number of unbranched alkanes of at least 4 members (excludes halogenated alkanes) is 4. The minimum Gasteiger partial charge on any atom is -0.352 e. The Kier molecular flexibility index (Phi) is 14.5. The summed E-state index contributed by atoms with van der Waals surface area (Å²) in [6.07, 6.45) is 6.81. The van der Waals surface area contributed by atoms with Crippen LogP contribution in [0.1, 0.15) is 59.3 Å². The van der Waals surface area contributed by atoms with Gasteiger partial charge in [-0.2, -0.15) is 4.21 Å². The van der Waals surface area contributed by atoms with Crippen LogP contribution in [-0.4, -0.2) is 29.6 Å². The highest BCUT2D eigenvalue weighted by atomic mass is 35.5. The van der Waals surface area contributed by atoms with E-state index in [-0.39, 0.29) is 6.61 Å². The second-order valence-electron chi connectivity index (χ2n) is 5.20. The fraction of sp³-hybridized carbons (Fsp3) is 1.00. The first-order valence-electron chi connectivity index (χ1n) is 7.46. The van der Waals surface area contributed by atoms with Gasteiger partial charge in [0.1, 0.15) is 0 Å². The zero-order valence-corrected chi connectivity index (χ0v) is 14.5. The molecule has 0 aliphatic heterocycles. The Balaban J connectivity index is 3.30. The minimum atomic E-state index is -1.78. The topological polar surface area (TPSA) is 44.8 Å². The fourth-order valence-electron chi connectivity index (χ4n) is 1.70. The Hall–Kier alpha value is 0.320. The van der Waals surface area contributed by atoms with Crippen molar-refractivity contribution in [2.24, 2.45) is 5.92 Å².